The van der Waals surface area contributed by atoms with Crippen molar-refractivity contribution in [2.24, 2.45) is 4.99 Å². The Hall–Kier alpha value is -3.50. The Kier molecular flexibility index (Phi) is 8.73. The molecule has 0 fully saturated rings. The first-order chi connectivity index (χ1) is 17.8. The van der Waals surface area contributed by atoms with Gasteiger partial charge in [-0.25, -0.2) is 4.79 Å². The molecule has 0 radical (unpaired) electrons. The van der Waals surface area contributed by atoms with Crippen LogP contribution in [0.2, 0.25) is 10.0 Å². The Balaban J connectivity index is 1.27. The maximum absolute atomic E-state index is 12.0. The van der Waals surface area contributed by atoms with Gasteiger partial charge in [0.2, 0.25) is 5.91 Å². The van der Waals surface area contributed by atoms with Crippen LogP contribution in [0.5, 0.6) is 5.75 Å². The average molecular weight is 548 g/mol. The molecule has 1 aromatic heterocycles. The minimum absolute atomic E-state index is 0.0429. The monoisotopic (exact) mass is 547 g/mol. The quantitative estimate of drug-likeness (QED) is 0.277. The van der Waals surface area contributed by atoms with E-state index in [0.717, 1.165) is 18.5 Å². The molecule has 3 aromatic rings. The zero-order valence-electron chi connectivity index (χ0n) is 20.1. The van der Waals surface area contributed by atoms with E-state index in [1.807, 2.05) is 0 Å². The van der Waals surface area contributed by atoms with E-state index in [9.17, 15) is 14.7 Å². The van der Waals surface area contributed by atoms with Gasteiger partial charge in [-0.1, -0.05) is 35.3 Å². The van der Waals surface area contributed by atoms with E-state index in [1.165, 1.54) is 0 Å². The minimum atomic E-state index is -1.06. The molecule has 4 rings (SSSR count). The molecular weight excluding hydrogens is 521 g/mol. The molecule has 1 unspecified atom stereocenters. The number of oxazole rings is 1. The van der Waals surface area contributed by atoms with Crippen molar-refractivity contribution in [1.29, 1.82) is 0 Å². The Morgan fingerprint density at radius 1 is 1.27 bits per heavy atom. The summed E-state index contributed by atoms with van der Waals surface area (Å²) in [5.74, 6) is -0.0150. The van der Waals surface area contributed by atoms with Crippen molar-refractivity contribution in [2.45, 2.75) is 38.6 Å². The number of rotatable bonds is 10. The zero-order chi connectivity index (χ0) is 26.4. The predicted octanol–water partition coefficient (Wildman–Crippen LogP) is 4.18. The number of nitrogens with zero attached hydrogens (tertiary/aromatic N) is 2. The first-order valence-corrected chi connectivity index (χ1v) is 12.6. The number of halogens is 2. The average Bonchev–Trinajstić information content (AvgIpc) is 3.28. The number of carboxylic acids is 1. The van der Waals surface area contributed by atoms with Gasteiger partial charge in [-0.3, -0.25) is 15.1 Å². The van der Waals surface area contributed by atoms with Crippen molar-refractivity contribution >= 4 is 58.2 Å². The highest BCUT2D eigenvalue weighted by Crippen LogP contribution is 2.34. The van der Waals surface area contributed by atoms with Gasteiger partial charge in [0, 0.05) is 31.0 Å². The number of hydrogen-bond acceptors (Lipinski definition) is 8. The molecule has 0 aliphatic carbocycles. The summed E-state index contributed by atoms with van der Waals surface area (Å²) in [5.41, 5.74) is 2.21. The number of carbonyl (C=O) groups excluding carboxylic acids is 1. The van der Waals surface area contributed by atoms with Crippen LogP contribution in [-0.2, 0) is 16.0 Å². The number of aliphatic imine (C=N–C) groups is 1. The highest BCUT2D eigenvalue weighted by atomic mass is 35.5. The van der Waals surface area contributed by atoms with Crippen molar-refractivity contribution in [1.82, 2.24) is 15.6 Å². The molecule has 0 spiro atoms. The second-order valence-electron chi connectivity index (χ2n) is 8.56. The number of fused-ring (bicyclic) bond motifs is 1. The normalized spacial score (nSPS) is 14.0. The van der Waals surface area contributed by atoms with E-state index in [0.29, 0.717) is 64.4 Å². The number of benzene rings is 2. The summed E-state index contributed by atoms with van der Waals surface area (Å²) in [4.78, 5) is 32.3. The Bertz CT molecular complexity index is 1310. The van der Waals surface area contributed by atoms with Gasteiger partial charge >= 0.3 is 5.97 Å². The van der Waals surface area contributed by atoms with Crippen LogP contribution in [0.25, 0.3) is 11.1 Å². The summed E-state index contributed by atoms with van der Waals surface area (Å²) in [6.45, 7) is 3.65. The van der Waals surface area contributed by atoms with Crippen LogP contribution in [0.15, 0.2) is 39.7 Å². The van der Waals surface area contributed by atoms with Gasteiger partial charge < -0.3 is 24.9 Å². The summed E-state index contributed by atoms with van der Waals surface area (Å²) < 4.78 is 11.4. The molecule has 4 N–H and O–H groups in total. The number of anilines is 1. The lowest BCUT2D eigenvalue weighted by molar-refractivity contribution is -0.138. The summed E-state index contributed by atoms with van der Waals surface area (Å²) in [5, 5.41) is 19.1. The molecule has 1 aliphatic heterocycles. The number of guanidine groups is 1. The van der Waals surface area contributed by atoms with Crippen molar-refractivity contribution in [3.8, 4) is 5.75 Å². The maximum atomic E-state index is 12.0. The third-order valence-corrected chi connectivity index (χ3v) is 6.58. The number of aliphatic carboxylic acids is 1. The Morgan fingerprint density at radius 3 is 2.76 bits per heavy atom. The van der Waals surface area contributed by atoms with Crippen molar-refractivity contribution in [2.75, 3.05) is 25.0 Å². The van der Waals surface area contributed by atoms with E-state index in [-0.39, 0.29) is 18.3 Å². The lowest BCUT2D eigenvalue weighted by Gasteiger charge is -2.15. The van der Waals surface area contributed by atoms with Gasteiger partial charge in [0.05, 0.1) is 11.6 Å². The van der Waals surface area contributed by atoms with E-state index in [4.69, 9.17) is 32.4 Å². The second-order valence-corrected chi connectivity index (χ2v) is 9.34. The van der Waals surface area contributed by atoms with Gasteiger partial charge in [-0.05, 0) is 49.1 Å². The fourth-order valence-electron chi connectivity index (χ4n) is 3.69. The van der Waals surface area contributed by atoms with Crippen LogP contribution < -0.4 is 20.7 Å². The van der Waals surface area contributed by atoms with E-state index in [1.54, 1.807) is 37.3 Å². The molecule has 0 saturated carbocycles. The molecule has 1 atom stereocenters. The van der Waals surface area contributed by atoms with Gasteiger partial charge in [0.1, 0.15) is 17.3 Å². The molecular formula is C25H27Cl2N5O5. The lowest BCUT2D eigenvalue weighted by atomic mass is 10.1. The van der Waals surface area contributed by atoms with Crippen LogP contribution in [-0.4, -0.2) is 53.7 Å². The Morgan fingerprint density at radius 2 is 2.05 bits per heavy atom. The number of hydrogen-bond donors (Lipinski definition) is 4. The molecule has 37 heavy (non-hydrogen) atoms. The summed E-state index contributed by atoms with van der Waals surface area (Å²) >= 11 is 12.4. The van der Waals surface area contributed by atoms with Crippen LogP contribution in [0.3, 0.4) is 0 Å². The van der Waals surface area contributed by atoms with Crippen LogP contribution in [0, 0.1) is 6.92 Å². The third-order valence-electron chi connectivity index (χ3n) is 5.73. The molecule has 1 amide bonds. The van der Waals surface area contributed by atoms with Crippen LogP contribution >= 0.6 is 23.2 Å². The second kappa shape index (κ2) is 12.2. The fourth-order valence-corrected chi connectivity index (χ4v) is 4.18. The smallest absolute Gasteiger partial charge is 0.326 e. The van der Waals surface area contributed by atoms with Gasteiger partial charge in [0.25, 0.3) is 6.01 Å². The van der Waals surface area contributed by atoms with Crippen LogP contribution in [0.1, 0.15) is 30.4 Å². The number of ether oxygens (including phenoxy) is 1. The van der Waals surface area contributed by atoms with E-state index < -0.39 is 12.0 Å². The number of amides is 1. The lowest BCUT2D eigenvalue weighted by Crippen LogP contribution is -2.43. The van der Waals surface area contributed by atoms with Gasteiger partial charge in [0.15, 0.2) is 11.5 Å². The summed E-state index contributed by atoms with van der Waals surface area (Å²) in [6, 6.07) is 7.78. The Labute approximate surface area is 223 Å². The summed E-state index contributed by atoms with van der Waals surface area (Å²) in [6.07, 6.45) is 2.01. The van der Waals surface area contributed by atoms with E-state index in [2.05, 4.69) is 25.9 Å². The SMILES string of the molecule is Cc1c(Cl)cc2nc(NC(Cc3ccc(OCCCC(=O)NC4=NCCCN4)cc3)C(=O)O)oc2c1Cl. The van der Waals surface area contributed by atoms with E-state index >= 15 is 0 Å². The van der Waals surface area contributed by atoms with Crippen molar-refractivity contribution in [3.05, 3.63) is 51.5 Å². The molecule has 2 aromatic carbocycles. The first-order valence-electron chi connectivity index (χ1n) is 11.8. The standard InChI is InChI=1S/C25H27Cl2N5O5/c1-14-17(26)13-18-22(21(14)27)37-25(30-18)31-19(23(34)35)12-15-5-7-16(8-6-15)36-11-2-4-20(33)32-24-28-9-3-10-29-24/h5-8,13,19H,2-4,9-12H2,1H3,(H,30,31)(H,34,35)(H2,28,29,32,33). The molecule has 196 valence electrons. The molecule has 12 heteroatoms. The number of nitrogens with one attached hydrogen (secondary N) is 3. The molecule has 2 heterocycles. The molecule has 10 nitrogen and oxygen atoms in total. The third kappa shape index (κ3) is 7.05. The molecule has 1 aliphatic rings. The number of carboxylic acid groups (broad SMARTS) is 1. The highest BCUT2D eigenvalue weighted by Gasteiger charge is 2.22. The number of carbonyl (C=O) groups is 2. The maximum Gasteiger partial charge on any atom is 0.326 e. The molecule has 0 bridgehead atoms. The van der Waals surface area contributed by atoms with Gasteiger partial charge in [-0.2, -0.15) is 4.98 Å². The predicted molar refractivity (Wildman–Crippen MR) is 142 cm³/mol. The minimum Gasteiger partial charge on any atom is -0.494 e. The van der Waals surface area contributed by atoms with Crippen LogP contribution in [0.4, 0.5) is 6.01 Å². The topological polar surface area (TPSA) is 138 Å². The largest absolute Gasteiger partial charge is 0.494 e. The zero-order valence-corrected chi connectivity index (χ0v) is 21.7. The highest BCUT2D eigenvalue weighted by molar-refractivity contribution is 6.39. The fraction of sp³-hybridized carbons (Fsp3) is 0.360. The van der Waals surface area contributed by atoms with Gasteiger partial charge in [-0.15, -0.1) is 0 Å². The van der Waals surface area contributed by atoms with Crippen molar-refractivity contribution < 1.29 is 23.8 Å². The molecule has 0 saturated heterocycles. The number of aromatic nitrogens is 1. The first kappa shape index (κ1) is 26.6. The summed E-state index contributed by atoms with van der Waals surface area (Å²) in [7, 11) is 0. The van der Waals surface area contributed by atoms with Crippen molar-refractivity contribution in [3.63, 3.8) is 0 Å².